The zero-order valence-corrected chi connectivity index (χ0v) is 18.7. The van der Waals surface area contributed by atoms with Crippen LogP contribution >= 0.6 is 0 Å². The third-order valence-corrected chi connectivity index (χ3v) is 4.72. The zero-order chi connectivity index (χ0) is 23.0. The highest BCUT2D eigenvalue weighted by Gasteiger charge is 2.30. The van der Waals surface area contributed by atoms with Gasteiger partial charge in [0.1, 0.15) is 5.69 Å². The molecule has 168 valence electrons. The van der Waals surface area contributed by atoms with Crippen LogP contribution in [0.2, 0.25) is 0 Å². The normalized spacial score (nSPS) is 16.1. The van der Waals surface area contributed by atoms with Crippen LogP contribution in [-0.2, 0) is 6.18 Å². The molecule has 0 spiro atoms. The molecule has 0 saturated carbocycles. The van der Waals surface area contributed by atoms with Crippen molar-refractivity contribution in [1.82, 2.24) is 20.5 Å². The number of aromatic nitrogens is 3. The van der Waals surface area contributed by atoms with Crippen molar-refractivity contribution < 1.29 is 13.2 Å². The van der Waals surface area contributed by atoms with Crippen molar-refractivity contribution in [3.63, 3.8) is 0 Å². The van der Waals surface area contributed by atoms with Gasteiger partial charge < -0.3 is 10.2 Å². The van der Waals surface area contributed by atoms with Crippen LogP contribution < -0.4 is 10.2 Å². The van der Waals surface area contributed by atoms with Crippen molar-refractivity contribution in [3.8, 4) is 11.3 Å². The van der Waals surface area contributed by atoms with E-state index in [1.807, 2.05) is 33.8 Å². The van der Waals surface area contributed by atoms with Gasteiger partial charge in [-0.15, -0.1) is 10.2 Å². The minimum atomic E-state index is -4.36. The van der Waals surface area contributed by atoms with Gasteiger partial charge in [-0.3, -0.25) is 4.98 Å². The van der Waals surface area contributed by atoms with Gasteiger partial charge >= 0.3 is 6.18 Å². The van der Waals surface area contributed by atoms with Gasteiger partial charge in [-0.05, 0) is 25.1 Å². The lowest BCUT2D eigenvalue weighted by molar-refractivity contribution is -0.137. The Labute approximate surface area is 181 Å². The van der Waals surface area contributed by atoms with Crippen LogP contribution in [0.3, 0.4) is 0 Å². The SMILES string of the molecule is CC.CC.CC1CN(c2nnc(-c3ccc(C(F)(F)F)cc3)c3ccncc23)CCN1. The Balaban J connectivity index is 0.000000807. The van der Waals surface area contributed by atoms with Crippen molar-refractivity contribution in [2.24, 2.45) is 0 Å². The molecule has 1 fully saturated rings. The number of alkyl halides is 3. The molecular weight excluding hydrogens is 403 g/mol. The molecular formula is C23H30F3N5. The van der Waals surface area contributed by atoms with E-state index >= 15 is 0 Å². The first-order valence-corrected chi connectivity index (χ1v) is 10.7. The fourth-order valence-electron chi connectivity index (χ4n) is 3.37. The van der Waals surface area contributed by atoms with E-state index < -0.39 is 11.7 Å². The molecule has 8 heteroatoms. The van der Waals surface area contributed by atoms with E-state index in [0.29, 0.717) is 17.3 Å². The monoisotopic (exact) mass is 433 g/mol. The maximum absolute atomic E-state index is 12.8. The number of hydrogen-bond donors (Lipinski definition) is 1. The van der Waals surface area contributed by atoms with E-state index in [1.165, 1.54) is 12.1 Å². The maximum Gasteiger partial charge on any atom is 0.416 e. The molecule has 1 atom stereocenters. The van der Waals surface area contributed by atoms with Crippen molar-refractivity contribution in [2.45, 2.75) is 46.8 Å². The first-order chi connectivity index (χ1) is 14.9. The van der Waals surface area contributed by atoms with E-state index in [0.717, 1.165) is 48.4 Å². The average molecular weight is 434 g/mol. The molecule has 1 N–H and O–H groups in total. The number of hydrogen-bond acceptors (Lipinski definition) is 5. The first-order valence-electron chi connectivity index (χ1n) is 10.7. The quantitative estimate of drug-likeness (QED) is 0.573. The Morgan fingerprint density at radius 3 is 2.26 bits per heavy atom. The van der Waals surface area contributed by atoms with Crippen LogP contribution in [0.15, 0.2) is 42.7 Å². The highest BCUT2D eigenvalue weighted by atomic mass is 19.4. The maximum atomic E-state index is 12.8. The van der Waals surface area contributed by atoms with Crippen LogP contribution in [0.4, 0.5) is 19.0 Å². The summed E-state index contributed by atoms with van der Waals surface area (Å²) in [7, 11) is 0. The predicted octanol–water partition coefficient (Wildman–Crippen LogP) is 5.56. The molecule has 5 nitrogen and oxygen atoms in total. The Morgan fingerprint density at radius 2 is 1.65 bits per heavy atom. The molecule has 3 aromatic rings. The molecule has 0 amide bonds. The van der Waals surface area contributed by atoms with Gasteiger partial charge in [0.05, 0.1) is 5.56 Å². The van der Waals surface area contributed by atoms with Crippen LogP contribution in [0.1, 0.15) is 40.2 Å². The van der Waals surface area contributed by atoms with Crippen molar-refractivity contribution in [3.05, 3.63) is 48.3 Å². The summed E-state index contributed by atoms with van der Waals surface area (Å²) in [5, 5.41) is 13.8. The van der Waals surface area contributed by atoms with Gasteiger partial charge in [-0.2, -0.15) is 13.2 Å². The van der Waals surface area contributed by atoms with E-state index in [-0.39, 0.29) is 0 Å². The van der Waals surface area contributed by atoms with E-state index in [4.69, 9.17) is 0 Å². The van der Waals surface area contributed by atoms with E-state index in [1.54, 1.807) is 12.4 Å². The molecule has 4 rings (SSSR count). The summed E-state index contributed by atoms with van der Waals surface area (Å²) < 4.78 is 38.5. The summed E-state index contributed by atoms with van der Waals surface area (Å²) in [6.07, 6.45) is -0.972. The van der Waals surface area contributed by atoms with Gasteiger partial charge in [0.2, 0.25) is 0 Å². The predicted molar refractivity (Wildman–Crippen MR) is 120 cm³/mol. The molecule has 3 heterocycles. The molecule has 1 saturated heterocycles. The Hall–Kier alpha value is -2.74. The van der Waals surface area contributed by atoms with Gasteiger partial charge in [-0.25, -0.2) is 0 Å². The number of nitrogens with one attached hydrogen (secondary N) is 1. The summed E-state index contributed by atoms with van der Waals surface area (Å²) in [5.41, 5.74) is 0.455. The Bertz CT molecular complexity index is 958. The number of nitrogens with zero attached hydrogens (tertiary/aromatic N) is 4. The number of piperazine rings is 1. The van der Waals surface area contributed by atoms with Crippen molar-refractivity contribution in [2.75, 3.05) is 24.5 Å². The molecule has 2 aromatic heterocycles. The minimum Gasteiger partial charge on any atom is -0.352 e. The molecule has 0 bridgehead atoms. The molecule has 1 aliphatic heterocycles. The summed E-state index contributed by atoms with van der Waals surface area (Å²) in [6.45, 7) is 12.6. The Kier molecular flexibility index (Phi) is 8.74. The largest absolute Gasteiger partial charge is 0.416 e. The van der Waals surface area contributed by atoms with Crippen molar-refractivity contribution >= 4 is 16.6 Å². The number of halogens is 3. The molecule has 31 heavy (non-hydrogen) atoms. The lowest BCUT2D eigenvalue weighted by atomic mass is 10.0. The van der Waals surface area contributed by atoms with Gasteiger partial charge in [0.25, 0.3) is 0 Å². The highest BCUT2D eigenvalue weighted by molar-refractivity contribution is 5.99. The van der Waals surface area contributed by atoms with Gasteiger partial charge in [0.15, 0.2) is 5.82 Å². The molecule has 1 aromatic carbocycles. The highest BCUT2D eigenvalue weighted by Crippen LogP contribution is 2.34. The summed E-state index contributed by atoms with van der Waals surface area (Å²) in [4.78, 5) is 6.37. The number of rotatable bonds is 2. The second-order valence-corrected chi connectivity index (χ2v) is 6.67. The van der Waals surface area contributed by atoms with Crippen LogP contribution in [0.25, 0.3) is 22.0 Å². The molecule has 0 radical (unpaired) electrons. The van der Waals surface area contributed by atoms with Crippen molar-refractivity contribution in [1.29, 1.82) is 0 Å². The van der Waals surface area contributed by atoms with Crippen LogP contribution in [-0.4, -0.2) is 40.9 Å². The van der Waals surface area contributed by atoms with Crippen LogP contribution in [0.5, 0.6) is 0 Å². The van der Waals surface area contributed by atoms with Crippen LogP contribution in [0, 0.1) is 0 Å². The minimum absolute atomic E-state index is 0.335. The lowest BCUT2D eigenvalue weighted by Gasteiger charge is -2.33. The third kappa shape index (κ3) is 5.70. The lowest BCUT2D eigenvalue weighted by Crippen LogP contribution is -2.49. The van der Waals surface area contributed by atoms with Gasteiger partial charge in [0, 0.05) is 54.4 Å². The smallest absolute Gasteiger partial charge is 0.352 e. The molecule has 1 unspecified atom stereocenters. The Morgan fingerprint density at radius 1 is 0.968 bits per heavy atom. The molecule has 1 aliphatic rings. The second kappa shape index (κ2) is 11.0. The van der Waals surface area contributed by atoms with E-state index in [9.17, 15) is 13.2 Å². The number of fused-ring (bicyclic) bond motifs is 1. The second-order valence-electron chi connectivity index (χ2n) is 6.67. The fraction of sp³-hybridized carbons (Fsp3) is 0.435. The molecule has 0 aliphatic carbocycles. The average Bonchev–Trinajstić information content (AvgIpc) is 2.80. The number of pyridine rings is 1. The zero-order valence-electron chi connectivity index (χ0n) is 18.7. The topological polar surface area (TPSA) is 53.9 Å². The fourth-order valence-corrected chi connectivity index (χ4v) is 3.37. The number of anilines is 1. The summed E-state index contributed by atoms with van der Waals surface area (Å²) in [5.74, 6) is 0.752. The van der Waals surface area contributed by atoms with E-state index in [2.05, 4.69) is 32.3 Å². The first kappa shape index (κ1) is 24.5. The number of benzene rings is 1. The van der Waals surface area contributed by atoms with Gasteiger partial charge in [-0.1, -0.05) is 39.8 Å². The summed E-state index contributed by atoms with van der Waals surface area (Å²) >= 11 is 0. The standard InChI is InChI=1S/C19H18F3N5.2C2H6/c1-12-11-27(9-8-24-12)18-16-10-23-7-6-15(16)17(25-26-18)13-2-4-14(5-3-13)19(20,21)22;2*1-2/h2-7,10,12,24H,8-9,11H2,1H3;2*1-2H3. The third-order valence-electron chi connectivity index (χ3n) is 4.72. The summed E-state index contributed by atoms with van der Waals surface area (Å²) in [6, 6.07) is 7.15.